The largest absolute Gasteiger partial charge is 0.416 e. The van der Waals surface area contributed by atoms with Gasteiger partial charge in [0.15, 0.2) is 0 Å². The van der Waals surface area contributed by atoms with Gasteiger partial charge in [-0.3, -0.25) is 9.97 Å². The fourth-order valence-electron chi connectivity index (χ4n) is 2.18. The maximum Gasteiger partial charge on any atom is 0.416 e. The maximum atomic E-state index is 12.9. The van der Waals surface area contributed by atoms with Crippen molar-refractivity contribution in [2.24, 2.45) is 0 Å². The Morgan fingerprint density at radius 1 is 1.10 bits per heavy atom. The van der Waals surface area contributed by atoms with E-state index in [-0.39, 0.29) is 11.6 Å². The molecule has 0 radical (unpaired) electrons. The standard InChI is InChI=1S/C15H16F3N3/c1-9-4-5-12(8-13(9)15(16,17)18)21-11(3)14-10(2)19-6-7-20-14/h4-8,11,21H,1-3H3. The minimum atomic E-state index is -4.35. The zero-order valence-electron chi connectivity index (χ0n) is 12.0. The molecule has 1 aromatic heterocycles. The van der Waals surface area contributed by atoms with Crippen LogP contribution < -0.4 is 5.32 Å². The number of hydrogen-bond acceptors (Lipinski definition) is 3. The molecule has 2 aromatic rings. The van der Waals surface area contributed by atoms with Gasteiger partial charge in [0, 0.05) is 18.1 Å². The molecule has 0 amide bonds. The summed E-state index contributed by atoms with van der Waals surface area (Å²) in [6, 6.07) is 3.98. The van der Waals surface area contributed by atoms with Crippen molar-refractivity contribution in [3.05, 3.63) is 53.1 Å². The number of aryl methyl sites for hydroxylation is 2. The van der Waals surface area contributed by atoms with Gasteiger partial charge in [0.2, 0.25) is 0 Å². The SMILES string of the molecule is Cc1ccc(NC(C)c2nccnc2C)cc1C(F)(F)F. The van der Waals surface area contributed by atoms with Gasteiger partial charge in [0.25, 0.3) is 0 Å². The summed E-state index contributed by atoms with van der Waals surface area (Å²) in [5.41, 5.74) is 1.45. The van der Waals surface area contributed by atoms with Crippen LogP contribution in [0.3, 0.4) is 0 Å². The van der Waals surface area contributed by atoms with E-state index in [1.165, 1.54) is 13.0 Å². The summed E-state index contributed by atoms with van der Waals surface area (Å²) in [4.78, 5) is 8.35. The van der Waals surface area contributed by atoms with Crippen LogP contribution in [0.25, 0.3) is 0 Å². The van der Waals surface area contributed by atoms with E-state index >= 15 is 0 Å². The molecule has 1 heterocycles. The molecule has 0 fully saturated rings. The van der Waals surface area contributed by atoms with Crippen molar-refractivity contribution in [2.45, 2.75) is 33.0 Å². The molecule has 0 aliphatic carbocycles. The normalized spacial score (nSPS) is 13.0. The number of aromatic nitrogens is 2. The summed E-state index contributed by atoms with van der Waals surface area (Å²) in [6.45, 7) is 5.10. The Kier molecular flexibility index (Phi) is 4.16. The van der Waals surface area contributed by atoms with Gasteiger partial charge < -0.3 is 5.32 Å². The highest BCUT2D eigenvalue weighted by Gasteiger charge is 2.32. The van der Waals surface area contributed by atoms with E-state index in [0.29, 0.717) is 11.4 Å². The fraction of sp³-hybridized carbons (Fsp3) is 0.333. The lowest BCUT2D eigenvalue weighted by Crippen LogP contribution is -2.13. The molecule has 21 heavy (non-hydrogen) atoms. The van der Waals surface area contributed by atoms with E-state index in [1.807, 2.05) is 13.8 Å². The number of nitrogens with zero attached hydrogens (tertiary/aromatic N) is 2. The molecule has 0 spiro atoms. The molecule has 1 atom stereocenters. The van der Waals surface area contributed by atoms with Gasteiger partial charge in [-0.2, -0.15) is 13.2 Å². The van der Waals surface area contributed by atoms with Gasteiger partial charge in [0.1, 0.15) is 0 Å². The summed E-state index contributed by atoms with van der Waals surface area (Å²) in [5, 5.41) is 3.04. The smallest absolute Gasteiger partial charge is 0.377 e. The van der Waals surface area contributed by atoms with Gasteiger partial charge in [-0.15, -0.1) is 0 Å². The zero-order chi connectivity index (χ0) is 15.6. The molecule has 3 nitrogen and oxygen atoms in total. The number of rotatable bonds is 3. The molecule has 0 aliphatic heterocycles. The number of hydrogen-bond donors (Lipinski definition) is 1. The Morgan fingerprint density at radius 3 is 2.38 bits per heavy atom. The second-order valence-electron chi connectivity index (χ2n) is 4.92. The van der Waals surface area contributed by atoms with Gasteiger partial charge in [-0.1, -0.05) is 6.07 Å². The van der Waals surface area contributed by atoms with E-state index in [9.17, 15) is 13.2 Å². The van der Waals surface area contributed by atoms with Crippen LogP contribution in [0.15, 0.2) is 30.6 Å². The minimum Gasteiger partial charge on any atom is -0.377 e. The molecule has 112 valence electrons. The molecule has 1 unspecified atom stereocenters. The lowest BCUT2D eigenvalue weighted by molar-refractivity contribution is -0.138. The molecule has 0 bridgehead atoms. The molecule has 2 rings (SSSR count). The van der Waals surface area contributed by atoms with Crippen LogP contribution in [0, 0.1) is 13.8 Å². The van der Waals surface area contributed by atoms with Crippen LogP contribution >= 0.6 is 0 Å². The van der Waals surface area contributed by atoms with Gasteiger partial charge in [0.05, 0.1) is 23.0 Å². The van der Waals surface area contributed by atoms with Crippen LogP contribution in [0.5, 0.6) is 0 Å². The van der Waals surface area contributed by atoms with E-state index in [4.69, 9.17) is 0 Å². The van der Waals surface area contributed by atoms with E-state index in [2.05, 4.69) is 15.3 Å². The number of nitrogens with one attached hydrogen (secondary N) is 1. The summed E-state index contributed by atoms with van der Waals surface area (Å²) in [6.07, 6.45) is -1.20. The molecular weight excluding hydrogens is 279 g/mol. The highest BCUT2D eigenvalue weighted by Crippen LogP contribution is 2.34. The first kappa shape index (κ1) is 15.3. The zero-order valence-corrected chi connectivity index (χ0v) is 12.0. The Morgan fingerprint density at radius 2 is 1.76 bits per heavy atom. The predicted octanol–water partition coefficient (Wildman–Crippen LogP) is 4.29. The monoisotopic (exact) mass is 295 g/mol. The maximum absolute atomic E-state index is 12.9. The lowest BCUT2D eigenvalue weighted by atomic mass is 10.1. The molecule has 0 aliphatic rings. The second-order valence-corrected chi connectivity index (χ2v) is 4.92. The molecule has 1 aromatic carbocycles. The van der Waals surface area contributed by atoms with Crippen LogP contribution in [-0.2, 0) is 6.18 Å². The molecule has 1 N–H and O–H groups in total. The number of alkyl halides is 3. The molecular formula is C15H16F3N3. The van der Waals surface area contributed by atoms with Crippen molar-refractivity contribution < 1.29 is 13.2 Å². The van der Waals surface area contributed by atoms with Gasteiger partial charge >= 0.3 is 6.18 Å². The summed E-state index contributed by atoms with van der Waals surface area (Å²) in [7, 11) is 0. The highest BCUT2D eigenvalue weighted by atomic mass is 19.4. The average molecular weight is 295 g/mol. The Labute approximate surface area is 121 Å². The van der Waals surface area contributed by atoms with Crippen LogP contribution in [-0.4, -0.2) is 9.97 Å². The quantitative estimate of drug-likeness (QED) is 0.918. The van der Waals surface area contributed by atoms with Crippen molar-refractivity contribution in [1.29, 1.82) is 0 Å². The van der Waals surface area contributed by atoms with Crippen LogP contribution in [0.2, 0.25) is 0 Å². The molecule has 6 heteroatoms. The lowest BCUT2D eigenvalue weighted by Gasteiger charge is -2.18. The molecule has 0 saturated carbocycles. The third-order valence-electron chi connectivity index (χ3n) is 3.26. The van der Waals surface area contributed by atoms with E-state index < -0.39 is 11.7 Å². The van der Waals surface area contributed by atoms with Crippen molar-refractivity contribution in [1.82, 2.24) is 9.97 Å². The van der Waals surface area contributed by atoms with Gasteiger partial charge in [-0.05, 0) is 38.5 Å². The van der Waals surface area contributed by atoms with E-state index in [0.717, 1.165) is 11.8 Å². The first-order valence-corrected chi connectivity index (χ1v) is 6.51. The third kappa shape index (κ3) is 3.51. The topological polar surface area (TPSA) is 37.8 Å². The number of halogens is 3. The minimum absolute atomic E-state index is 0.205. The fourth-order valence-corrected chi connectivity index (χ4v) is 2.18. The Hall–Kier alpha value is -2.11. The average Bonchev–Trinajstić information content (AvgIpc) is 2.40. The first-order chi connectivity index (χ1) is 9.79. The second kappa shape index (κ2) is 5.71. The summed E-state index contributed by atoms with van der Waals surface area (Å²) < 4.78 is 38.7. The first-order valence-electron chi connectivity index (χ1n) is 6.51. The number of anilines is 1. The third-order valence-corrected chi connectivity index (χ3v) is 3.26. The predicted molar refractivity (Wildman–Crippen MR) is 75.0 cm³/mol. The van der Waals surface area contributed by atoms with Crippen molar-refractivity contribution in [3.8, 4) is 0 Å². The summed E-state index contributed by atoms with van der Waals surface area (Å²) in [5.74, 6) is 0. The van der Waals surface area contributed by atoms with Crippen LogP contribution in [0.4, 0.5) is 18.9 Å². The van der Waals surface area contributed by atoms with Crippen molar-refractivity contribution in [2.75, 3.05) is 5.32 Å². The van der Waals surface area contributed by atoms with Crippen LogP contribution in [0.1, 0.15) is 35.5 Å². The number of benzene rings is 1. The highest BCUT2D eigenvalue weighted by molar-refractivity contribution is 5.50. The van der Waals surface area contributed by atoms with Crippen molar-refractivity contribution in [3.63, 3.8) is 0 Å². The van der Waals surface area contributed by atoms with E-state index in [1.54, 1.807) is 18.5 Å². The van der Waals surface area contributed by atoms with Gasteiger partial charge in [-0.25, -0.2) is 0 Å². The Bertz CT molecular complexity index is 638. The molecule has 0 saturated heterocycles. The van der Waals surface area contributed by atoms with Crippen molar-refractivity contribution >= 4 is 5.69 Å². The summed E-state index contributed by atoms with van der Waals surface area (Å²) >= 11 is 0. The Balaban J connectivity index is 2.26.